The zero-order valence-corrected chi connectivity index (χ0v) is 50.9. The van der Waals surface area contributed by atoms with Crippen LogP contribution in [0.5, 0.6) is 11.5 Å². The molecule has 0 fully saturated rings. The van der Waals surface area contributed by atoms with Gasteiger partial charge in [0.15, 0.2) is 10.9 Å². The molecule has 0 aliphatic carbocycles. The number of hydrogen-bond donors (Lipinski definition) is 0. The van der Waals surface area contributed by atoms with Crippen molar-refractivity contribution in [1.29, 1.82) is 0 Å². The number of pyridine rings is 3. The summed E-state index contributed by atoms with van der Waals surface area (Å²) < 4.78 is 15.6. The van der Waals surface area contributed by atoms with Crippen molar-refractivity contribution in [2.75, 3.05) is 0 Å². The highest BCUT2D eigenvalue weighted by Crippen LogP contribution is 2.41. The Labute approximate surface area is 510 Å². The van der Waals surface area contributed by atoms with E-state index < -0.39 is 0 Å². The number of fused-ring (bicyclic) bond motifs is 8. The van der Waals surface area contributed by atoms with Crippen molar-refractivity contribution in [3.63, 3.8) is 0 Å². The van der Waals surface area contributed by atoms with E-state index >= 15 is 9.59 Å². The van der Waals surface area contributed by atoms with Crippen molar-refractivity contribution < 1.29 is 9.30 Å². The molecule has 0 N–H and O–H groups in total. The van der Waals surface area contributed by atoms with Crippen LogP contribution in [0, 0.1) is 6.33 Å². The fraction of sp³-hybridized carbons (Fsp3) is 0.150. The van der Waals surface area contributed by atoms with Crippen LogP contribution in [0.25, 0.3) is 122 Å². The second-order valence-corrected chi connectivity index (χ2v) is 26.6. The van der Waals surface area contributed by atoms with Gasteiger partial charge in [-0.25, -0.2) is 4.98 Å². The Morgan fingerprint density at radius 3 is 1.67 bits per heavy atom. The maximum absolute atomic E-state index is 15.3. The van der Waals surface area contributed by atoms with Crippen LogP contribution in [0.2, 0.25) is 0 Å². The summed E-state index contributed by atoms with van der Waals surface area (Å²) >= 11 is 0. The number of aromatic nitrogens is 5. The third kappa shape index (κ3) is 9.12. The van der Waals surface area contributed by atoms with E-state index in [1.54, 1.807) is 0 Å². The summed E-state index contributed by atoms with van der Waals surface area (Å²) in [5.41, 5.74) is 16.9. The van der Waals surface area contributed by atoms with Crippen molar-refractivity contribution in [2.24, 2.45) is 0 Å². The van der Waals surface area contributed by atoms with Gasteiger partial charge in [0, 0.05) is 44.6 Å². The highest BCUT2D eigenvalue weighted by atomic mass is 16.5. The van der Waals surface area contributed by atoms with Gasteiger partial charge in [-0.15, -0.1) is 0 Å². The zero-order chi connectivity index (χ0) is 60.5. The molecule has 0 aliphatic heterocycles. The molecular formula is C80H65N5O3. The molecule has 88 heavy (non-hydrogen) atoms. The molecule has 15 rings (SSSR count). The van der Waals surface area contributed by atoms with Gasteiger partial charge in [0.25, 0.3) is 6.33 Å². The SMILES string of the molecule is CC(C)(C)c1cc(-[n+]2[c-]n(-c3cccc(Oc4ccc5c6cc(-c7cc8c(=O)c9cc(-c%10ccccc%10)ccc9n9c%10cc(-c%11ccccc%11)ccc%10c(=O)c(c7)c89)ccc6n(-c6cc(C(C)(C)C)ccn6)c5c4)c3)c3ccccc32)cc(C(C)(C)C)c1. The molecule has 8 heteroatoms. The summed E-state index contributed by atoms with van der Waals surface area (Å²) in [6, 6.07) is 77.0. The van der Waals surface area contributed by atoms with E-state index in [0.29, 0.717) is 38.6 Å². The monoisotopic (exact) mass is 1140 g/mol. The smallest absolute Gasteiger partial charge is 0.269 e. The molecule has 0 bridgehead atoms. The maximum atomic E-state index is 15.3. The van der Waals surface area contributed by atoms with Gasteiger partial charge in [-0.1, -0.05) is 178 Å². The first-order chi connectivity index (χ1) is 42.3. The van der Waals surface area contributed by atoms with Crippen LogP contribution in [0.1, 0.15) is 79.0 Å². The van der Waals surface area contributed by atoms with E-state index in [0.717, 1.165) is 100 Å². The van der Waals surface area contributed by atoms with Gasteiger partial charge >= 0.3 is 0 Å². The third-order valence-electron chi connectivity index (χ3n) is 17.7. The Morgan fingerprint density at radius 2 is 0.977 bits per heavy atom. The number of hydrogen-bond acceptors (Lipinski definition) is 4. The predicted molar refractivity (Wildman–Crippen MR) is 362 cm³/mol. The first-order valence-corrected chi connectivity index (χ1v) is 30.2. The summed E-state index contributed by atoms with van der Waals surface area (Å²) in [6.07, 6.45) is 5.64. The molecule has 0 radical (unpaired) electrons. The molecule has 428 valence electrons. The molecule has 8 nitrogen and oxygen atoms in total. The summed E-state index contributed by atoms with van der Waals surface area (Å²) in [5.74, 6) is 2.12. The zero-order valence-electron chi connectivity index (χ0n) is 50.9. The van der Waals surface area contributed by atoms with Crippen LogP contribution in [-0.4, -0.2) is 18.5 Å². The molecule has 0 amide bonds. The lowest BCUT2D eigenvalue weighted by Crippen LogP contribution is -2.31. The molecule has 0 saturated carbocycles. The summed E-state index contributed by atoms with van der Waals surface area (Å²) in [5, 5.41) is 4.09. The van der Waals surface area contributed by atoms with Crippen LogP contribution in [-0.2, 0) is 16.2 Å². The first kappa shape index (κ1) is 54.2. The normalized spacial score (nSPS) is 12.5. The average molecular weight is 1140 g/mol. The minimum absolute atomic E-state index is 0.0488. The van der Waals surface area contributed by atoms with Gasteiger partial charge in [-0.2, -0.15) is 0 Å². The summed E-state index contributed by atoms with van der Waals surface area (Å²) in [7, 11) is 0. The molecule has 5 aromatic heterocycles. The molecule has 0 atom stereocenters. The lowest BCUT2D eigenvalue weighted by molar-refractivity contribution is -0.572. The van der Waals surface area contributed by atoms with E-state index in [-0.39, 0.29) is 27.1 Å². The summed E-state index contributed by atoms with van der Waals surface area (Å²) in [4.78, 5) is 35.5. The molecule has 5 heterocycles. The molecular weight excluding hydrogens is 1080 g/mol. The molecule has 0 saturated heterocycles. The van der Waals surface area contributed by atoms with Crippen LogP contribution in [0.15, 0.2) is 240 Å². The van der Waals surface area contributed by atoms with Crippen LogP contribution < -0.4 is 20.2 Å². The number of rotatable bonds is 8. The van der Waals surface area contributed by atoms with Gasteiger partial charge in [0.05, 0.1) is 50.0 Å². The first-order valence-electron chi connectivity index (χ1n) is 30.2. The molecule has 0 unspecified atom stereocenters. The van der Waals surface area contributed by atoms with Crippen molar-refractivity contribution in [2.45, 2.75) is 78.6 Å². The second kappa shape index (κ2) is 20.1. The van der Waals surface area contributed by atoms with E-state index in [4.69, 9.17) is 9.72 Å². The number of nitrogens with zero attached hydrogens (tertiary/aromatic N) is 5. The van der Waals surface area contributed by atoms with E-state index in [9.17, 15) is 0 Å². The molecule has 15 aromatic rings. The van der Waals surface area contributed by atoms with Gasteiger partial charge in [-0.3, -0.25) is 23.3 Å². The number of benzene rings is 10. The Hall–Kier alpha value is -10.4. The largest absolute Gasteiger partial charge is 0.458 e. The highest BCUT2D eigenvalue weighted by molar-refractivity contribution is 6.13. The fourth-order valence-electron chi connectivity index (χ4n) is 12.9. The van der Waals surface area contributed by atoms with Gasteiger partial charge in [0.1, 0.15) is 17.3 Å². The number of para-hydroxylation sites is 2. The predicted octanol–water partition coefficient (Wildman–Crippen LogP) is 18.8. The fourth-order valence-corrected chi connectivity index (χ4v) is 12.9. The van der Waals surface area contributed by atoms with Crippen LogP contribution in [0.4, 0.5) is 0 Å². The van der Waals surface area contributed by atoms with Crippen molar-refractivity contribution in [1.82, 2.24) is 18.5 Å². The number of imidazole rings is 1. The molecule has 0 spiro atoms. The van der Waals surface area contributed by atoms with Crippen LogP contribution in [0.3, 0.4) is 0 Å². The number of ether oxygens (including phenoxy) is 1. The van der Waals surface area contributed by atoms with Crippen molar-refractivity contribution >= 4 is 70.9 Å². The quantitative estimate of drug-likeness (QED) is 0.0658. The van der Waals surface area contributed by atoms with Gasteiger partial charge in [-0.05, 0) is 169 Å². The van der Waals surface area contributed by atoms with Crippen molar-refractivity contribution in [3.8, 4) is 62.1 Å². The lowest BCUT2D eigenvalue weighted by Gasteiger charge is -2.26. The van der Waals surface area contributed by atoms with Crippen molar-refractivity contribution in [3.05, 3.63) is 274 Å². The standard InChI is InChI=1S/C80H65N5O3/c1-78(2,3)55-35-36-81-74(45-55)84-68-33-29-52(54-39-66-75-67(40-54)77(87)65-38-51(49-19-12-10-13-20-49)28-34-69(65)85(75)72-41-53(27-31-63(72)76(66)86)50-21-14-11-15-22-50)37-64(68)62-32-30-61(47-73(62)84)88-60-24-18-23-58(46-60)82-48-83(71-26-17-16-25-70(71)82)59-43-56(79(4,5)6)42-57(44-59)80(7,8)9/h10-47H,1-9H3. The highest BCUT2D eigenvalue weighted by Gasteiger charge is 2.25. The average Bonchev–Trinajstić information content (AvgIpc) is 1.09. The van der Waals surface area contributed by atoms with E-state index in [1.807, 2.05) is 97.2 Å². The summed E-state index contributed by atoms with van der Waals surface area (Å²) in [6.45, 7) is 20.3. The maximum Gasteiger partial charge on any atom is 0.269 e. The lowest BCUT2D eigenvalue weighted by atomic mass is 9.80. The Morgan fingerprint density at radius 1 is 0.398 bits per heavy atom. The van der Waals surface area contributed by atoms with Gasteiger partial charge < -0.3 is 9.14 Å². The topological polar surface area (TPSA) is 74.4 Å². The Kier molecular flexibility index (Phi) is 12.4. The Bertz CT molecular complexity index is 5430. The third-order valence-corrected chi connectivity index (χ3v) is 17.7. The van der Waals surface area contributed by atoms with Gasteiger partial charge in [0.2, 0.25) is 0 Å². The van der Waals surface area contributed by atoms with E-state index in [1.165, 1.54) is 11.1 Å². The Balaban J connectivity index is 0.879. The molecule has 10 aromatic carbocycles. The minimum Gasteiger partial charge on any atom is -0.458 e. The second-order valence-electron chi connectivity index (χ2n) is 26.6. The minimum atomic E-state index is -0.137. The van der Waals surface area contributed by atoms with E-state index in [2.05, 4.69) is 220 Å². The van der Waals surface area contributed by atoms with Crippen LogP contribution >= 0.6 is 0 Å². The molecule has 0 aliphatic rings.